The highest BCUT2D eigenvalue weighted by Gasteiger charge is 2.30. The van der Waals surface area contributed by atoms with Crippen molar-refractivity contribution in [1.82, 2.24) is 0 Å². The molecule has 4 rings (SSSR count). The maximum absolute atomic E-state index is 12.3. The number of carbonyl (C=O) groups excluding carboxylic acids is 2. The van der Waals surface area contributed by atoms with E-state index in [1.807, 2.05) is 37.3 Å². The van der Waals surface area contributed by atoms with E-state index < -0.39 is 5.91 Å². The number of primary amides is 1. The van der Waals surface area contributed by atoms with Gasteiger partial charge in [0, 0.05) is 31.1 Å². The standard InChI is InChI=1S/C21H23N3O3/c1-13(9-14-5-4-8-27-14)15-11-20(25)23-18-12-19(24-6-2-3-7-24)17(21(22)26)10-16(15)18/h4-5,8-10,12,15H,2-3,6-7,11H2,1H3,(H2,22,26)(H,23,25)/b13-9+/t15-/m0/s1. The Morgan fingerprint density at radius 3 is 2.78 bits per heavy atom. The number of fused-ring (bicyclic) bond motifs is 1. The molecule has 2 aliphatic heterocycles. The highest BCUT2D eigenvalue weighted by Crippen LogP contribution is 2.41. The molecule has 2 aromatic rings. The minimum Gasteiger partial charge on any atom is -0.465 e. The molecule has 0 radical (unpaired) electrons. The molecule has 2 aliphatic rings. The highest BCUT2D eigenvalue weighted by atomic mass is 16.3. The van der Waals surface area contributed by atoms with Crippen LogP contribution >= 0.6 is 0 Å². The minimum absolute atomic E-state index is 0.0288. The lowest BCUT2D eigenvalue weighted by Crippen LogP contribution is -2.27. The van der Waals surface area contributed by atoms with Crippen molar-refractivity contribution in [3.63, 3.8) is 0 Å². The van der Waals surface area contributed by atoms with Gasteiger partial charge in [-0.05, 0) is 55.7 Å². The molecule has 0 saturated carbocycles. The fraction of sp³-hybridized carbons (Fsp3) is 0.333. The van der Waals surface area contributed by atoms with Gasteiger partial charge in [-0.1, -0.05) is 5.57 Å². The summed E-state index contributed by atoms with van der Waals surface area (Å²) in [7, 11) is 0. The Kier molecular flexibility index (Phi) is 4.48. The number of carbonyl (C=O) groups is 2. The summed E-state index contributed by atoms with van der Waals surface area (Å²) >= 11 is 0. The van der Waals surface area contributed by atoms with Crippen molar-refractivity contribution in [2.24, 2.45) is 5.73 Å². The lowest BCUT2D eigenvalue weighted by Gasteiger charge is -2.30. The van der Waals surface area contributed by atoms with Gasteiger partial charge in [-0.25, -0.2) is 0 Å². The molecule has 140 valence electrons. The highest BCUT2D eigenvalue weighted by molar-refractivity contribution is 6.03. The third-order valence-corrected chi connectivity index (χ3v) is 5.38. The molecule has 3 heterocycles. The van der Waals surface area contributed by atoms with E-state index in [1.54, 1.807) is 6.26 Å². The molecule has 0 unspecified atom stereocenters. The fourth-order valence-corrected chi connectivity index (χ4v) is 4.02. The summed E-state index contributed by atoms with van der Waals surface area (Å²) in [6, 6.07) is 7.46. The summed E-state index contributed by atoms with van der Waals surface area (Å²) < 4.78 is 5.40. The smallest absolute Gasteiger partial charge is 0.250 e. The Labute approximate surface area is 158 Å². The van der Waals surface area contributed by atoms with E-state index in [0.29, 0.717) is 12.0 Å². The van der Waals surface area contributed by atoms with Gasteiger partial charge >= 0.3 is 0 Å². The number of allylic oxidation sites excluding steroid dienone is 1. The van der Waals surface area contributed by atoms with Crippen molar-refractivity contribution in [3.05, 3.63) is 53.0 Å². The second kappa shape index (κ2) is 6.95. The van der Waals surface area contributed by atoms with Crippen LogP contribution in [0.2, 0.25) is 0 Å². The van der Waals surface area contributed by atoms with Crippen LogP contribution in [0.25, 0.3) is 6.08 Å². The van der Waals surface area contributed by atoms with E-state index in [4.69, 9.17) is 10.2 Å². The molecule has 6 nitrogen and oxygen atoms in total. The molecule has 1 atom stereocenters. The molecule has 1 saturated heterocycles. The number of hydrogen-bond acceptors (Lipinski definition) is 4. The first kappa shape index (κ1) is 17.4. The van der Waals surface area contributed by atoms with Gasteiger partial charge in [0.05, 0.1) is 17.5 Å². The van der Waals surface area contributed by atoms with Crippen LogP contribution in [0.3, 0.4) is 0 Å². The maximum Gasteiger partial charge on any atom is 0.250 e. The van der Waals surface area contributed by atoms with Crippen LogP contribution < -0.4 is 16.0 Å². The van der Waals surface area contributed by atoms with Gasteiger partial charge in [-0.2, -0.15) is 0 Å². The number of rotatable bonds is 4. The number of nitrogens with zero attached hydrogens (tertiary/aromatic N) is 1. The summed E-state index contributed by atoms with van der Waals surface area (Å²) in [6.45, 7) is 3.77. The van der Waals surface area contributed by atoms with E-state index in [2.05, 4.69) is 10.2 Å². The Morgan fingerprint density at radius 1 is 1.33 bits per heavy atom. The lowest BCUT2D eigenvalue weighted by molar-refractivity contribution is -0.116. The monoisotopic (exact) mass is 365 g/mol. The number of furan rings is 1. The number of nitrogens with two attached hydrogens (primary N) is 1. The average molecular weight is 365 g/mol. The Morgan fingerprint density at radius 2 is 2.11 bits per heavy atom. The number of amides is 2. The van der Waals surface area contributed by atoms with E-state index in [1.165, 1.54) is 0 Å². The zero-order chi connectivity index (χ0) is 19.0. The minimum atomic E-state index is -0.442. The molecule has 1 aromatic heterocycles. The van der Waals surface area contributed by atoms with Crippen molar-refractivity contribution < 1.29 is 14.0 Å². The molecule has 1 fully saturated rings. The molecule has 27 heavy (non-hydrogen) atoms. The predicted molar refractivity (Wildman–Crippen MR) is 105 cm³/mol. The predicted octanol–water partition coefficient (Wildman–Crippen LogP) is 3.51. The van der Waals surface area contributed by atoms with Crippen molar-refractivity contribution in [2.45, 2.75) is 32.1 Å². The average Bonchev–Trinajstić information content (AvgIpc) is 3.33. The first-order valence-corrected chi connectivity index (χ1v) is 9.27. The van der Waals surface area contributed by atoms with Crippen molar-refractivity contribution in [1.29, 1.82) is 0 Å². The van der Waals surface area contributed by atoms with Gasteiger partial charge in [0.1, 0.15) is 5.76 Å². The largest absolute Gasteiger partial charge is 0.465 e. The summed E-state index contributed by atoms with van der Waals surface area (Å²) in [6.07, 6.45) is 6.07. The van der Waals surface area contributed by atoms with E-state index in [0.717, 1.165) is 54.2 Å². The second-order valence-electron chi connectivity index (χ2n) is 7.22. The molecule has 0 spiro atoms. The van der Waals surface area contributed by atoms with Crippen LogP contribution in [0, 0.1) is 0 Å². The van der Waals surface area contributed by atoms with Crippen molar-refractivity contribution in [2.75, 3.05) is 23.3 Å². The number of hydrogen-bond donors (Lipinski definition) is 2. The van der Waals surface area contributed by atoms with Crippen LogP contribution in [0.15, 0.2) is 40.5 Å². The van der Waals surface area contributed by atoms with Crippen LogP contribution in [0.1, 0.15) is 53.8 Å². The van der Waals surface area contributed by atoms with Crippen LogP contribution in [0.4, 0.5) is 11.4 Å². The van der Waals surface area contributed by atoms with Crippen LogP contribution in [0.5, 0.6) is 0 Å². The SMILES string of the molecule is C/C(=C\c1ccco1)[C@@H]1CC(=O)Nc2cc(N3CCCC3)c(C(N)=O)cc21. The number of nitrogens with one attached hydrogen (secondary N) is 1. The molecule has 1 aromatic carbocycles. The lowest BCUT2D eigenvalue weighted by atomic mass is 9.83. The topological polar surface area (TPSA) is 88.6 Å². The number of anilines is 2. The van der Waals surface area contributed by atoms with Gasteiger partial charge in [0.15, 0.2) is 0 Å². The van der Waals surface area contributed by atoms with Crippen molar-refractivity contribution in [3.8, 4) is 0 Å². The third-order valence-electron chi connectivity index (χ3n) is 5.38. The maximum atomic E-state index is 12.3. The van der Waals surface area contributed by atoms with E-state index in [9.17, 15) is 9.59 Å². The zero-order valence-corrected chi connectivity index (χ0v) is 15.3. The van der Waals surface area contributed by atoms with Gasteiger partial charge in [-0.15, -0.1) is 0 Å². The molecule has 0 aliphatic carbocycles. The normalized spacial score (nSPS) is 19.7. The molecule has 2 amide bonds. The molecular formula is C21H23N3O3. The molecule has 6 heteroatoms. The van der Waals surface area contributed by atoms with Gasteiger partial charge < -0.3 is 20.4 Å². The van der Waals surface area contributed by atoms with Gasteiger partial charge in [0.25, 0.3) is 5.91 Å². The summed E-state index contributed by atoms with van der Waals surface area (Å²) in [5, 5.41) is 2.97. The first-order valence-electron chi connectivity index (χ1n) is 9.27. The van der Waals surface area contributed by atoms with Crippen LogP contribution in [-0.4, -0.2) is 24.9 Å². The Bertz CT molecular complexity index is 909. The molecule has 3 N–H and O–H groups in total. The second-order valence-corrected chi connectivity index (χ2v) is 7.22. The molecular weight excluding hydrogens is 342 g/mol. The Balaban J connectivity index is 1.79. The fourth-order valence-electron chi connectivity index (χ4n) is 4.02. The van der Waals surface area contributed by atoms with Crippen LogP contribution in [-0.2, 0) is 4.79 Å². The van der Waals surface area contributed by atoms with E-state index >= 15 is 0 Å². The zero-order valence-electron chi connectivity index (χ0n) is 15.3. The van der Waals surface area contributed by atoms with Gasteiger partial charge in [-0.3, -0.25) is 9.59 Å². The summed E-state index contributed by atoms with van der Waals surface area (Å²) in [4.78, 5) is 26.6. The van der Waals surface area contributed by atoms with Gasteiger partial charge in [0.2, 0.25) is 5.91 Å². The van der Waals surface area contributed by atoms with E-state index in [-0.39, 0.29) is 11.8 Å². The van der Waals surface area contributed by atoms with Crippen molar-refractivity contribution >= 4 is 29.3 Å². The third kappa shape index (κ3) is 3.35. The first-order chi connectivity index (χ1) is 13.0. The summed E-state index contributed by atoms with van der Waals surface area (Å²) in [5.41, 5.74) is 9.71. The summed E-state index contributed by atoms with van der Waals surface area (Å²) in [5.74, 6) is 0.148. The molecule has 0 bridgehead atoms. The quantitative estimate of drug-likeness (QED) is 0.868. The Hall–Kier alpha value is -3.02. The number of benzene rings is 1.